The predicted molar refractivity (Wildman–Crippen MR) is 140 cm³/mol. The first-order chi connectivity index (χ1) is 17.4. The van der Waals surface area contributed by atoms with Crippen molar-refractivity contribution in [3.8, 4) is 5.75 Å². The molecule has 5 rings (SSSR count). The summed E-state index contributed by atoms with van der Waals surface area (Å²) >= 11 is 12.7. The third-order valence-corrected chi connectivity index (χ3v) is 7.27. The summed E-state index contributed by atoms with van der Waals surface area (Å²) in [6.45, 7) is 9.74. The lowest BCUT2D eigenvalue weighted by Crippen LogP contribution is -2.48. The normalized spacial score (nSPS) is 22.9. The van der Waals surface area contributed by atoms with Gasteiger partial charge in [-0.1, -0.05) is 29.3 Å². The first-order valence-electron chi connectivity index (χ1n) is 12.2. The number of nitrogens with zero attached hydrogens (tertiary/aromatic N) is 5. The second kappa shape index (κ2) is 10.9. The number of piperazine rings is 1. The molecule has 36 heavy (non-hydrogen) atoms. The summed E-state index contributed by atoms with van der Waals surface area (Å²) in [6.07, 6.45) is 2.80. The Labute approximate surface area is 221 Å². The van der Waals surface area contributed by atoms with Gasteiger partial charge in [0.25, 0.3) is 0 Å². The van der Waals surface area contributed by atoms with Crippen LogP contribution in [0.1, 0.15) is 19.4 Å². The van der Waals surface area contributed by atoms with E-state index in [0.29, 0.717) is 41.4 Å². The Bertz CT molecular complexity index is 1140. The molecule has 0 amide bonds. The summed E-state index contributed by atoms with van der Waals surface area (Å²) in [5.74, 6) is -0.327. The number of benzene rings is 2. The fraction of sp³-hybridized carbons (Fsp3) is 0.462. The van der Waals surface area contributed by atoms with E-state index in [4.69, 9.17) is 37.4 Å². The van der Waals surface area contributed by atoms with Crippen LogP contribution in [0.25, 0.3) is 0 Å². The quantitative estimate of drug-likeness (QED) is 0.425. The van der Waals surface area contributed by atoms with E-state index in [9.17, 15) is 0 Å². The highest BCUT2D eigenvalue weighted by Gasteiger charge is 2.45. The maximum absolute atomic E-state index is 6.53. The Morgan fingerprint density at radius 1 is 1.08 bits per heavy atom. The van der Waals surface area contributed by atoms with E-state index >= 15 is 0 Å². The van der Waals surface area contributed by atoms with Crippen molar-refractivity contribution in [2.24, 2.45) is 0 Å². The highest BCUT2D eigenvalue weighted by atomic mass is 35.5. The molecule has 10 heteroatoms. The average molecular weight is 532 g/mol. The van der Waals surface area contributed by atoms with E-state index < -0.39 is 5.79 Å². The molecule has 0 saturated carbocycles. The predicted octanol–water partition coefficient (Wildman–Crippen LogP) is 4.46. The maximum atomic E-state index is 6.53. The molecular formula is C26H31Cl2N5O3. The van der Waals surface area contributed by atoms with Crippen LogP contribution < -0.4 is 9.64 Å². The van der Waals surface area contributed by atoms with Crippen LogP contribution in [-0.2, 0) is 21.8 Å². The molecule has 0 radical (unpaired) electrons. The molecule has 1 aromatic heterocycles. The van der Waals surface area contributed by atoms with Gasteiger partial charge < -0.3 is 19.1 Å². The third-order valence-electron chi connectivity index (χ3n) is 6.72. The van der Waals surface area contributed by atoms with Gasteiger partial charge in [0.2, 0.25) is 5.79 Å². The topological polar surface area (TPSA) is 64.9 Å². The van der Waals surface area contributed by atoms with E-state index in [1.54, 1.807) is 23.1 Å². The smallest absolute Gasteiger partial charge is 0.217 e. The van der Waals surface area contributed by atoms with Crippen molar-refractivity contribution < 1.29 is 14.2 Å². The van der Waals surface area contributed by atoms with Gasteiger partial charge in [-0.25, -0.2) is 9.67 Å². The number of rotatable bonds is 8. The van der Waals surface area contributed by atoms with Gasteiger partial charge in [0.1, 0.15) is 37.7 Å². The Kier molecular flexibility index (Phi) is 7.69. The van der Waals surface area contributed by atoms with Gasteiger partial charge in [0.15, 0.2) is 0 Å². The highest BCUT2D eigenvalue weighted by Crippen LogP contribution is 2.40. The molecule has 3 aromatic rings. The van der Waals surface area contributed by atoms with Crippen molar-refractivity contribution in [1.29, 1.82) is 0 Å². The molecule has 0 N–H and O–H groups in total. The molecule has 2 aliphatic rings. The molecule has 0 spiro atoms. The van der Waals surface area contributed by atoms with Crippen molar-refractivity contribution in [2.45, 2.75) is 38.3 Å². The second-order valence-corrected chi connectivity index (χ2v) is 10.3. The molecule has 0 aliphatic carbocycles. The number of anilines is 1. The zero-order valence-electron chi connectivity index (χ0n) is 20.5. The van der Waals surface area contributed by atoms with Crippen molar-refractivity contribution >= 4 is 28.9 Å². The lowest BCUT2D eigenvalue weighted by atomic mass is 10.1. The molecule has 2 saturated heterocycles. The Balaban J connectivity index is 1.21. The van der Waals surface area contributed by atoms with Crippen LogP contribution in [0.2, 0.25) is 10.0 Å². The number of ether oxygens (including phenoxy) is 3. The Morgan fingerprint density at radius 2 is 1.86 bits per heavy atom. The van der Waals surface area contributed by atoms with Crippen molar-refractivity contribution in [3.63, 3.8) is 0 Å². The molecule has 3 heterocycles. The molecule has 2 aromatic carbocycles. The standard InChI is InChI=1S/C26H31Cl2N5O3/c1-19(2)31-9-11-32(12-10-31)21-4-6-22(7-5-21)34-14-23-15-35-26(36-23,16-33-18-29-17-30-33)24-8-3-20(27)13-25(24)28/h3-8,13,17-19,23H,9-12,14-16H2,1-2H3/t23?,26-/m1/s1. The summed E-state index contributed by atoms with van der Waals surface area (Å²) in [4.78, 5) is 8.96. The molecular weight excluding hydrogens is 501 g/mol. The third kappa shape index (κ3) is 5.63. The number of hydrogen-bond donors (Lipinski definition) is 0. The van der Waals surface area contributed by atoms with Crippen molar-refractivity contribution in [2.75, 3.05) is 44.3 Å². The zero-order valence-corrected chi connectivity index (χ0v) is 22.0. The van der Waals surface area contributed by atoms with Gasteiger partial charge in [-0.3, -0.25) is 4.90 Å². The van der Waals surface area contributed by atoms with Crippen LogP contribution in [0.3, 0.4) is 0 Å². The minimum absolute atomic E-state index is 0.288. The summed E-state index contributed by atoms with van der Waals surface area (Å²) < 4.78 is 20.4. The Morgan fingerprint density at radius 3 is 2.53 bits per heavy atom. The van der Waals surface area contributed by atoms with Gasteiger partial charge in [-0.05, 0) is 50.2 Å². The fourth-order valence-corrected chi connectivity index (χ4v) is 5.27. The first kappa shape index (κ1) is 25.3. The Hall–Kier alpha value is -2.36. The van der Waals surface area contributed by atoms with E-state index in [1.807, 2.05) is 18.2 Å². The van der Waals surface area contributed by atoms with Gasteiger partial charge in [0, 0.05) is 48.5 Å². The lowest BCUT2D eigenvalue weighted by molar-refractivity contribution is -0.190. The number of halogens is 2. The van der Waals surface area contributed by atoms with E-state index in [2.05, 4.69) is 45.9 Å². The summed E-state index contributed by atoms with van der Waals surface area (Å²) in [5, 5.41) is 5.22. The van der Waals surface area contributed by atoms with Gasteiger partial charge in [-0.2, -0.15) is 5.10 Å². The molecule has 1 unspecified atom stereocenters. The number of aromatic nitrogens is 3. The van der Waals surface area contributed by atoms with Crippen LogP contribution in [-0.4, -0.2) is 71.2 Å². The van der Waals surface area contributed by atoms with Crippen molar-refractivity contribution in [1.82, 2.24) is 19.7 Å². The largest absolute Gasteiger partial charge is 0.491 e. The average Bonchev–Trinajstić information content (AvgIpc) is 3.54. The molecule has 8 nitrogen and oxygen atoms in total. The molecule has 2 aliphatic heterocycles. The lowest BCUT2D eigenvalue weighted by Gasteiger charge is -2.38. The van der Waals surface area contributed by atoms with Crippen LogP contribution in [0.15, 0.2) is 55.1 Å². The maximum Gasteiger partial charge on any atom is 0.217 e. The van der Waals surface area contributed by atoms with Crippen LogP contribution in [0.5, 0.6) is 5.75 Å². The molecule has 192 valence electrons. The van der Waals surface area contributed by atoms with Gasteiger partial charge in [-0.15, -0.1) is 0 Å². The second-order valence-electron chi connectivity index (χ2n) is 9.44. The summed E-state index contributed by atoms with van der Waals surface area (Å²) in [5.41, 5.74) is 1.91. The molecule has 2 fully saturated rings. The number of hydrogen-bond acceptors (Lipinski definition) is 7. The zero-order chi connectivity index (χ0) is 25.1. The van der Waals surface area contributed by atoms with E-state index in [1.165, 1.54) is 12.0 Å². The summed E-state index contributed by atoms with van der Waals surface area (Å²) in [6, 6.07) is 14.1. The van der Waals surface area contributed by atoms with Crippen molar-refractivity contribution in [3.05, 3.63) is 70.7 Å². The highest BCUT2D eigenvalue weighted by molar-refractivity contribution is 6.35. The first-order valence-corrected chi connectivity index (χ1v) is 13.0. The fourth-order valence-electron chi connectivity index (χ4n) is 4.72. The molecule has 2 atom stereocenters. The minimum atomic E-state index is -1.12. The molecule has 0 bridgehead atoms. The van der Waals surface area contributed by atoms with Crippen LogP contribution in [0, 0.1) is 0 Å². The minimum Gasteiger partial charge on any atom is -0.491 e. The van der Waals surface area contributed by atoms with Gasteiger partial charge in [0.05, 0.1) is 11.6 Å². The van der Waals surface area contributed by atoms with E-state index in [-0.39, 0.29) is 6.10 Å². The van der Waals surface area contributed by atoms with Crippen LogP contribution in [0.4, 0.5) is 5.69 Å². The SMILES string of the molecule is CC(C)N1CCN(c2ccc(OCC3CO[C@@](Cn4cncn4)(c4ccc(Cl)cc4Cl)O3)cc2)CC1. The van der Waals surface area contributed by atoms with E-state index in [0.717, 1.165) is 31.9 Å². The van der Waals surface area contributed by atoms with Crippen LogP contribution >= 0.6 is 23.2 Å². The van der Waals surface area contributed by atoms with Gasteiger partial charge >= 0.3 is 0 Å². The monoisotopic (exact) mass is 531 g/mol. The summed E-state index contributed by atoms with van der Waals surface area (Å²) in [7, 11) is 0.